The number of hydrogen-bond donors (Lipinski definition) is 3. The van der Waals surface area contributed by atoms with Crippen molar-refractivity contribution in [3.05, 3.63) is 109 Å². The van der Waals surface area contributed by atoms with Crippen LogP contribution in [0.1, 0.15) is 362 Å². The van der Waals surface area contributed by atoms with Gasteiger partial charge in [0.1, 0.15) is 19.3 Å². The molecule has 0 aliphatic carbocycles. The summed E-state index contributed by atoms with van der Waals surface area (Å²) < 4.78 is 68.8. The normalized spacial score (nSPS) is 14.4. The molecule has 5 atom stereocenters. The summed E-state index contributed by atoms with van der Waals surface area (Å²) >= 11 is 0. The Morgan fingerprint density at radius 3 is 0.774 bits per heavy atom. The van der Waals surface area contributed by atoms with Gasteiger partial charge in [0.2, 0.25) is 0 Å². The number of unbranched alkanes of at least 4 members (excludes halogenated alkanes) is 35. The molecule has 0 aromatic heterocycles. The van der Waals surface area contributed by atoms with Gasteiger partial charge >= 0.3 is 39.5 Å². The van der Waals surface area contributed by atoms with Crippen LogP contribution in [0.5, 0.6) is 0 Å². The Labute approximate surface area is 645 Å². The Kier molecular flexibility index (Phi) is 75.6. The number of esters is 4. The van der Waals surface area contributed by atoms with E-state index in [-0.39, 0.29) is 25.7 Å². The number of phosphoric acid groups is 2. The van der Waals surface area contributed by atoms with Crippen LogP contribution < -0.4 is 0 Å². The zero-order valence-electron chi connectivity index (χ0n) is 67.1. The van der Waals surface area contributed by atoms with Gasteiger partial charge in [0.05, 0.1) is 26.4 Å². The van der Waals surface area contributed by atoms with Gasteiger partial charge in [-0.05, 0) is 128 Å². The summed E-state index contributed by atoms with van der Waals surface area (Å²) in [4.78, 5) is 73.2. The quantitative estimate of drug-likeness (QED) is 0.0169. The predicted octanol–water partition coefficient (Wildman–Crippen LogP) is 24.9. The van der Waals surface area contributed by atoms with Crippen molar-refractivity contribution in [2.75, 3.05) is 39.6 Å². The average Bonchev–Trinajstić information content (AvgIpc) is 0.909. The predicted molar refractivity (Wildman–Crippen MR) is 436 cm³/mol. The molecule has 0 aromatic carbocycles. The average molecular weight is 1530 g/mol. The fourth-order valence-electron chi connectivity index (χ4n) is 11.4. The van der Waals surface area contributed by atoms with Crippen LogP contribution in [0.2, 0.25) is 0 Å². The van der Waals surface area contributed by atoms with E-state index in [1.165, 1.54) is 83.5 Å². The van der Waals surface area contributed by atoms with E-state index in [2.05, 4.69) is 137 Å². The van der Waals surface area contributed by atoms with E-state index in [9.17, 15) is 43.2 Å². The largest absolute Gasteiger partial charge is 0.472 e. The van der Waals surface area contributed by atoms with Crippen molar-refractivity contribution >= 4 is 39.5 Å². The van der Waals surface area contributed by atoms with Crippen molar-refractivity contribution < 1.29 is 80.2 Å². The molecule has 612 valence electrons. The van der Waals surface area contributed by atoms with Crippen LogP contribution in [0.15, 0.2) is 109 Å². The molecule has 0 saturated heterocycles. The van der Waals surface area contributed by atoms with Crippen LogP contribution in [-0.4, -0.2) is 96.7 Å². The number of aliphatic hydroxyl groups excluding tert-OH is 1. The summed E-state index contributed by atoms with van der Waals surface area (Å²) in [6, 6.07) is 0. The van der Waals surface area contributed by atoms with Gasteiger partial charge < -0.3 is 33.8 Å². The monoisotopic (exact) mass is 1530 g/mol. The van der Waals surface area contributed by atoms with Gasteiger partial charge in [0.15, 0.2) is 12.2 Å². The lowest BCUT2D eigenvalue weighted by Gasteiger charge is -2.21. The van der Waals surface area contributed by atoms with E-state index >= 15 is 0 Å². The Balaban J connectivity index is 5.37. The van der Waals surface area contributed by atoms with Crippen molar-refractivity contribution in [1.29, 1.82) is 0 Å². The number of allylic oxidation sites excluding steroid dienone is 18. The van der Waals surface area contributed by atoms with Crippen molar-refractivity contribution in [3.63, 3.8) is 0 Å². The lowest BCUT2D eigenvalue weighted by molar-refractivity contribution is -0.161. The molecule has 0 amide bonds. The van der Waals surface area contributed by atoms with E-state index in [1.807, 2.05) is 0 Å². The minimum absolute atomic E-state index is 0.0753. The zero-order valence-corrected chi connectivity index (χ0v) is 68.9. The standard InChI is InChI=1S/C87H152O17P2/c1-5-9-13-17-21-25-29-33-37-39-40-42-46-48-52-56-60-64-68-72-85(90)98-78-83(104-87(92)74-70-66-62-58-54-50-44-36-32-28-24-20-16-12-8-4)80-102-106(95,96)100-76-81(88)75-99-105(93,94)101-79-82(103-86(91)73-69-65-61-57-53-49-43-35-31-27-23-19-15-11-7-3)77-97-84(89)71-67-63-59-55-51-47-45-41-38-34-30-26-22-18-14-10-6-2/h9-10,13-14,21-22,24-26,28,33-34,36-38,40,42,44,81-83,88H,5-8,11-12,15-20,23,27,29-32,35,39,41,43,45-80H2,1-4H3,(H,93,94)(H,95,96)/b13-9-,14-10-,25-21-,26-22-,28-24-,37-33-,38-34-,42-40-,44-36-. The van der Waals surface area contributed by atoms with E-state index in [1.54, 1.807) is 0 Å². The van der Waals surface area contributed by atoms with Crippen LogP contribution >= 0.6 is 15.6 Å². The fourth-order valence-corrected chi connectivity index (χ4v) is 13.0. The minimum atomic E-state index is -4.99. The highest BCUT2D eigenvalue weighted by Gasteiger charge is 2.30. The molecule has 106 heavy (non-hydrogen) atoms. The third kappa shape index (κ3) is 77.9. The molecule has 0 bridgehead atoms. The first-order chi connectivity index (χ1) is 51.7. The van der Waals surface area contributed by atoms with E-state index < -0.39 is 97.5 Å². The molecule has 3 N–H and O–H groups in total. The number of aliphatic hydroxyl groups is 1. The van der Waals surface area contributed by atoms with Crippen LogP contribution in [-0.2, 0) is 65.4 Å². The SMILES string of the molecule is CC/C=C\C/C=C\C/C=C\C/C=C\CCCCCCCCC(=O)OCC(COP(=O)(O)OCC(O)COP(=O)(O)OCC(COC(=O)CCCCCCCCC/C=C\C/C=C\C/C=C\CC)OC(=O)CCCCCCCCCCCCCCCCC)OC(=O)CCCCCCC/C=C\C/C=C\CCCCC. The smallest absolute Gasteiger partial charge is 0.462 e. The van der Waals surface area contributed by atoms with E-state index in [0.717, 1.165) is 199 Å². The second-order valence-electron chi connectivity index (χ2n) is 28.0. The van der Waals surface area contributed by atoms with Crippen LogP contribution in [0.4, 0.5) is 0 Å². The summed E-state index contributed by atoms with van der Waals surface area (Å²) in [5.41, 5.74) is 0. The maximum atomic E-state index is 13.1. The fraction of sp³-hybridized carbons (Fsp3) is 0.747. The second kappa shape index (κ2) is 78.8. The second-order valence-corrected chi connectivity index (χ2v) is 30.9. The number of hydrogen-bond acceptors (Lipinski definition) is 15. The van der Waals surface area contributed by atoms with Gasteiger partial charge in [-0.2, -0.15) is 0 Å². The summed E-state index contributed by atoms with van der Waals surface area (Å²) in [7, 11) is -9.97. The Bertz CT molecular complexity index is 2430. The highest BCUT2D eigenvalue weighted by molar-refractivity contribution is 7.47. The minimum Gasteiger partial charge on any atom is -0.462 e. The molecule has 0 rings (SSSR count). The van der Waals surface area contributed by atoms with Crippen LogP contribution in [0, 0.1) is 0 Å². The third-order valence-electron chi connectivity index (χ3n) is 17.7. The van der Waals surface area contributed by atoms with Crippen LogP contribution in [0.25, 0.3) is 0 Å². The number of carbonyl (C=O) groups excluding carboxylic acids is 4. The van der Waals surface area contributed by atoms with Crippen molar-refractivity contribution in [3.8, 4) is 0 Å². The van der Waals surface area contributed by atoms with Gasteiger partial charge in [-0.3, -0.25) is 37.3 Å². The first-order valence-electron chi connectivity index (χ1n) is 42.1. The molecule has 0 aromatic rings. The molecular formula is C87H152O17P2. The molecular weight excluding hydrogens is 1380 g/mol. The van der Waals surface area contributed by atoms with Crippen LogP contribution in [0.3, 0.4) is 0 Å². The molecule has 0 aliphatic heterocycles. The first-order valence-corrected chi connectivity index (χ1v) is 45.1. The Hall–Kier alpha value is -4.28. The lowest BCUT2D eigenvalue weighted by Crippen LogP contribution is -2.30. The summed E-state index contributed by atoms with van der Waals surface area (Å²) in [6.45, 7) is 4.65. The zero-order chi connectivity index (χ0) is 77.4. The molecule has 0 saturated carbocycles. The highest BCUT2D eigenvalue weighted by atomic mass is 31.2. The maximum Gasteiger partial charge on any atom is 0.472 e. The highest BCUT2D eigenvalue weighted by Crippen LogP contribution is 2.45. The number of phosphoric ester groups is 2. The van der Waals surface area contributed by atoms with Crippen molar-refractivity contribution in [2.45, 2.75) is 380 Å². The van der Waals surface area contributed by atoms with Gasteiger partial charge in [-0.1, -0.05) is 317 Å². The third-order valence-corrected chi connectivity index (χ3v) is 19.6. The summed E-state index contributed by atoms with van der Waals surface area (Å²) in [5, 5.41) is 10.7. The molecule has 17 nitrogen and oxygen atoms in total. The first kappa shape index (κ1) is 102. The number of rotatable bonds is 79. The Morgan fingerprint density at radius 1 is 0.274 bits per heavy atom. The van der Waals surface area contributed by atoms with Crippen molar-refractivity contribution in [2.24, 2.45) is 0 Å². The number of carbonyl (C=O) groups is 4. The molecule has 5 unspecified atom stereocenters. The van der Waals surface area contributed by atoms with Crippen molar-refractivity contribution in [1.82, 2.24) is 0 Å². The Morgan fingerprint density at radius 2 is 0.491 bits per heavy atom. The summed E-state index contributed by atoms with van der Waals surface area (Å²) in [5.74, 6) is -2.19. The topological polar surface area (TPSA) is 237 Å². The molecule has 0 radical (unpaired) electrons. The molecule has 0 aliphatic rings. The van der Waals surface area contributed by atoms with Gasteiger partial charge in [0.25, 0.3) is 0 Å². The molecule has 0 spiro atoms. The lowest BCUT2D eigenvalue weighted by atomic mass is 10.0. The number of ether oxygens (including phenoxy) is 4. The molecule has 0 fully saturated rings. The molecule has 19 heteroatoms. The summed E-state index contributed by atoms with van der Waals surface area (Å²) in [6.07, 6.45) is 86.1. The van der Waals surface area contributed by atoms with Gasteiger partial charge in [0, 0.05) is 25.7 Å². The van der Waals surface area contributed by atoms with Gasteiger partial charge in [-0.25, -0.2) is 9.13 Å². The maximum absolute atomic E-state index is 13.1. The van der Waals surface area contributed by atoms with Gasteiger partial charge in [-0.15, -0.1) is 0 Å². The van der Waals surface area contributed by atoms with E-state index in [0.29, 0.717) is 25.7 Å². The van der Waals surface area contributed by atoms with E-state index in [4.69, 9.17) is 37.0 Å². The molecule has 0 heterocycles.